The summed E-state index contributed by atoms with van der Waals surface area (Å²) in [7, 11) is -3.77. The summed E-state index contributed by atoms with van der Waals surface area (Å²) in [5, 5.41) is 2.88. The zero-order valence-electron chi connectivity index (χ0n) is 15.4. The van der Waals surface area contributed by atoms with Gasteiger partial charge < -0.3 is 5.32 Å². The number of amides is 1. The molecule has 0 aliphatic rings. The van der Waals surface area contributed by atoms with E-state index in [1.165, 1.54) is 12.1 Å². The van der Waals surface area contributed by atoms with E-state index in [2.05, 4.69) is 15.0 Å². The van der Waals surface area contributed by atoms with Gasteiger partial charge in [-0.05, 0) is 42.8 Å². The number of carbonyl (C=O) groups excluding carboxylic acids is 1. The first-order chi connectivity index (χ1) is 13.5. The van der Waals surface area contributed by atoms with Crippen LogP contribution in [-0.4, -0.2) is 19.3 Å². The molecular formula is C21H21N3O3S. The van der Waals surface area contributed by atoms with Crippen LogP contribution in [0.2, 0.25) is 0 Å². The molecule has 6 nitrogen and oxygen atoms in total. The summed E-state index contributed by atoms with van der Waals surface area (Å²) in [4.78, 5) is 16.7. The number of nitrogens with zero attached hydrogens (tertiary/aromatic N) is 1. The normalized spacial score (nSPS) is 12.3. The van der Waals surface area contributed by atoms with Crippen LogP contribution in [0.4, 0.5) is 0 Å². The predicted molar refractivity (Wildman–Crippen MR) is 107 cm³/mol. The highest BCUT2D eigenvalue weighted by atomic mass is 32.2. The second-order valence-corrected chi connectivity index (χ2v) is 8.05. The molecule has 0 aliphatic heterocycles. The molecule has 3 rings (SSSR count). The fourth-order valence-corrected chi connectivity index (χ4v) is 3.71. The van der Waals surface area contributed by atoms with Gasteiger partial charge in [0.05, 0.1) is 23.2 Å². The van der Waals surface area contributed by atoms with Gasteiger partial charge in [0.2, 0.25) is 10.0 Å². The predicted octanol–water partition coefficient (Wildman–Crippen LogP) is 3.05. The van der Waals surface area contributed by atoms with E-state index in [0.29, 0.717) is 5.69 Å². The van der Waals surface area contributed by atoms with E-state index in [1.807, 2.05) is 37.3 Å². The molecule has 0 saturated heterocycles. The zero-order valence-corrected chi connectivity index (χ0v) is 16.2. The molecule has 2 N–H and O–H groups in total. The molecule has 1 unspecified atom stereocenters. The van der Waals surface area contributed by atoms with Crippen LogP contribution in [0.3, 0.4) is 0 Å². The van der Waals surface area contributed by atoms with Crippen LogP contribution < -0.4 is 10.0 Å². The van der Waals surface area contributed by atoms with E-state index in [0.717, 1.165) is 5.56 Å². The summed E-state index contributed by atoms with van der Waals surface area (Å²) < 4.78 is 27.6. The van der Waals surface area contributed by atoms with Crippen molar-refractivity contribution in [1.82, 2.24) is 15.0 Å². The van der Waals surface area contributed by atoms with Crippen molar-refractivity contribution in [3.05, 3.63) is 95.8 Å². The Morgan fingerprint density at radius 3 is 2.46 bits per heavy atom. The maximum atomic E-state index is 12.6. The molecule has 2 aromatic carbocycles. The minimum atomic E-state index is -3.77. The number of sulfonamides is 1. The van der Waals surface area contributed by atoms with Crippen molar-refractivity contribution < 1.29 is 13.2 Å². The highest BCUT2D eigenvalue weighted by molar-refractivity contribution is 7.89. The van der Waals surface area contributed by atoms with Gasteiger partial charge in [-0.1, -0.05) is 42.5 Å². The van der Waals surface area contributed by atoms with Crippen LogP contribution in [0, 0.1) is 0 Å². The van der Waals surface area contributed by atoms with Crippen LogP contribution in [-0.2, 0) is 16.6 Å². The number of hydrogen-bond donors (Lipinski definition) is 2. The lowest BCUT2D eigenvalue weighted by molar-refractivity contribution is 0.0939. The molecule has 144 valence electrons. The van der Waals surface area contributed by atoms with Gasteiger partial charge >= 0.3 is 0 Å². The number of pyridine rings is 1. The van der Waals surface area contributed by atoms with Crippen molar-refractivity contribution >= 4 is 15.9 Å². The quantitative estimate of drug-likeness (QED) is 0.644. The standard InChI is InChI=1S/C21H21N3O3S/c1-16(17-8-3-2-4-9-17)24-21(25)18-10-7-12-20(14-18)28(26,27)23-15-19-11-5-6-13-22-19/h2-14,16,23H,15H2,1H3,(H,24,25). The number of rotatable bonds is 7. The van der Waals surface area contributed by atoms with Gasteiger partial charge in [-0.3, -0.25) is 9.78 Å². The lowest BCUT2D eigenvalue weighted by Crippen LogP contribution is -2.27. The summed E-state index contributed by atoms with van der Waals surface area (Å²) in [5.41, 5.74) is 1.86. The summed E-state index contributed by atoms with van der Waals surface area (Å²) in [6.45, 7) is 1.95. The van der Waals surface area contributed by atoms with Crippen molar-refractivity contribution in [2.45, 2.75) is 24.4 Å². The summed E-state index contributed by atoms with van der Waals surface area (Å²) in [6.07, 6.45) is 1.60. The Hall–Kier alpha value is -3.03. The van der Waals surface area contributed by atoms with Crippen molar-refractivity contribution in [1.29, 1.82) is 0 Å². The van der Waals surface area contributed by atoms with E-state index < -0.39 is 10.0 Å². The van der Waals surface area contributed by atoms with Gasteiger partial charge in [-0.2, -0.15) is 0 Å². The fraction of sp³-hybridized carbons (Fsp3) is 0.143. The SMILES string of the molecule is CC(NC(=O)c1cccc(S(=O)(=O)NCc2ccccn2)c1)c1ccccc1. The van der Waals surface area contributed by atoms with Gasteiger partial charge in [0.15, 0.2) is 0 Å². The summed E-state index contributed by atoms with van der Waals surface area (Å²) in [5.74, 6) is -0.335. The molecule has 1 aromatic heterocycles. The van der Waals surface area contributed by atoms with E-state index in [4.69, 9.17) is 0 Å². The molecule has 0 spiro atoms. The van der Waals surface area contributed by atoms with Gasteiger partial charge in [0, 0.05) is 11.8 Å². The summed E-state index contributed by atoms with van der Waals surface area (Å²) in [6, 6.07) is 20.6. The van der Waals surface area contributed by atoms with E-state index in [-0.39, 0.29) is 29.0 Å². The van der Waals surface area contributed by atoms with E-state index >= 15 is 0 Å². The number of nitrogens with one attached hydrogen (secondary N) is 2. The molecule has 0 fully saturated rings. The first-order valence-corrected chi connectivity index (χ1v) is 10.3. The Morgan fingerprint density at radius 1 is 1.00 bits per heavy atom. The minimum Gasteiger partial charge on any atom is -0.346 e. The van der Waals surface area contributed by atoms with Gasteiger partial charge in [0.25, 0.3) is 5.91 Å². The number of benzene rings is 2. The topological polar surface area (TPSA) is 88.2 Å². The van der Waals surface area contributed by atoms with E-state index in [1.54, 1.807) is 36.5 Å². The van der Waals surface area contributed by atoms with Crippen LogP contribution in [0.1, 0.15) is 34.6 Å². The van der Waals surface area contributed by atoms with E-state index in [9.17, 15) is 13.2 Å². The highest BCUT2D eigenvalue weighted by Gasteiger charge is 2.17. The largest absolute Gasteiger partial charge is 0.346 e. The third-order valence-electron chi connectivity index (χ3n) is 4.22. The average Bonchev–Trinajstić information content (AvgIpc) is 2.74. The molecule has 7 heteroatoms. The van der Waals surface area contributed by atoms with Crippen LogP contribution in [0.15, 0.2) is 83.9 Å². The van der Waals surface area contributed by atoms with Gasteiger partial charge in [-0.15, -0.1) is 0 Å². The van der Waals surface area contributed by atoms with Crippen molar-refractivity contribution in [3.8, 4) is 0 Å². The molecule has 0 saturated carbocycles. The molecule has 0 aliphatic carbocycles. The second kappa shape index (κ2) is 8.77. The Kier molecular flexibility index (Phi) is 6.18. The van der Waals surface area contributed by atoms with Gasteiger partial charge in [0.1, 0.15) is 0 Å². The Bertz CT molecular complexity index is 1040. The Labute approximate surface area is 164 Å². The first kappa shape index (κ1) is 19.7. The highest BCUT2D eigenvalue weighted by Crippen LogP contribution is 2.15. The molecular weight excluding hydrogens is 374 g/mol. The third-order valence-corrected chi connectivity index (χ3v) is 5.62. The monoisotopic (exact) mass is 395 g/mol. The smallest absolute Gasteiger partial charge is 0.251 e. The molecule has 28 heavy (non-hydrogen) atoms. The second-order valence-electron chi connectivity index (χ2n) is 6.28. The molecule has 3 aromatic rings. The molecule has 1 heterocycles. The molecule has 0 radical (unpaired) electrons. The molecule has 0 bridgehead atoms. The fourth-order valence-electron chi connectivity index (χ4n) is 2.66. The van der Waals surface area contributed by atoms with Gasteiger partial charge in [-0.25, -0.2) is 13.1 Å². The lowest BCUT2D eigenvalue weighted by atomic mass is 10.1. The summed E-state index contributed by atoms with van der Waals surface area (Å²) >= 11 is 0. The minimum absolute atomic E-state index is 0.0310. The number of carbonyl (C=O) groups is 1. The molecule has 1 atom stereocenters. The van der Waals surface area contributed by atoms with Crippen LogP contribution in [0.5, 0.6) is 0 Å². The third kappa shape index (κ3) is 5.03. The van der Waals surface area contributed by atoms with Crippen molar-refractivity contribution in [3.63, 3.8) is 0 Å². The Morgan fingerprint density at radius 2 is 1.75 bits per heavy atom. The average molecular weight is 395 g/mol. The molecule has 1 amide bonds. The zero-order chi connectivity index (χ0) is 20.0. The van der Waals surface area contributed by atoms with Crippen molar-refractivity contribution in [2.75, 3.05) is 0 Å². The maximum Gasteiger partial charge on any atom is 0.251 e. The van der Waals surface area contributed by atoms with Crippen molar-refractivity contribution in [2.24, 2.45) is 0 Å². The van der Waals surface area contributed by atoms with Crippen LogP contribution in [0.25, 0.3) is 0 Å². The number of hydrogen-bond acceptors (Lipinski definition) is 4. The first-order valence-electron chi connectivity index (χ1n) is 8.81. The maximum absolute atomic E-state index is 12.6. The van der Waals surface area contributed by atoms with Crippen LogP contribution >= 0.6 is 0 Å². The lowest BCUT2D eigenvalue weighted by Gasteiger charge is -2.15. The number of aromatic nitrogens is 1. The Balaban J connectivity index is 1.71.